The van der Waals surface area contributed by atoms with E-state index in [-0.39, 0.29) is 34.0 Å². The summed E-state index contributed by atoms with van der Waals surface area (Å²) in [5, 5.41) is 20.2. The molecule has 0 spiro atoms. The number of hydrogen-bond acceptors (Lipinski definition) is 8. The fourth-order valence-electron chi connectivity index (χ4n) is 4.30. The smallest absolute Gasteiger partial charge is 0.372 e. The van der Waals surface area contributed by atoms with Gasteiger partial charge in [-0.25, -0.2) is 23.1 Å². The molecule has 0 bridgehead atoms. The maximum absolute atomic E-state index is 16.1. The van der Waals surface area contributed by atoms with E-state index in [1.165, 1.54) is 45.6 Å². The summed E-state index contributed by atoms with van der Waals surface area (Å²) in [7, 11) is 1.36. The number of allylic oxidation sites excluding steroid dienone is 1. The Labute approximate surface area is 243 Å². The number of aromatic nitrogens is 4. The highest BCUT2D eigenvalue weighted by Gasteiger charge is 2.36. The van der Waals surface area contributed by atoms with Crippen molar-refractivity contribution in [2.75, 3.05) is 7.11 Å². The number of hydrogen-bond donors (Lipinski definition) is 2. The molecule has 4 heterocycles. The molecule has 0 radical (unpaired) electrons. The van der Waals surface area contributed by atoms with Crippen LogP contribution in [0.5, 0.6) is 5.75 Å². The summed E-state index contributed by atoms with van der Waals surface area (Å²) >= 11 is 6.25. The number of methoxy groups -OCH3 is 1. The van der Waals surface area contributed by atoms with Crippen LogP contribution < -0.4 is 10.3 Å². The summed E-state index contributed by atoms with van der Waals surface area (Å²) in [4.78, 5) is 25.2. The van der Waals surface area contributed by atoms with Gasteiger partial charge in [-0.2, -0.15) is 0 Å². The Morgan fingerprint density at radius 2 is 1.81 bits per heavy atom. The van der Waals surface area contributed by atoms with Gasteiger partial charge in [-0.15, -0.1) is 0 Å². The molecule has 0 unspecified atom stereocenters. The van der Waals surface area contributed by atoms with E-state index in [4.69, 9.17) is 21.1 Å². The van der Waals surface area contributed by atoms with E-state index in [0.717, 1.165) is 16.7 Å². The topological polar surface area (TPSA) is 120 Å². The van der Waals surface area contributed by atoms with Crippen molar-refractivity contribution in [3.8, 4) is 22.7 Å². The molecule has 2 N–H and O–H groups in total. The van der Waals surface area contributed by atoms with Crippen molar-refractivity contribution in [1.29, 1.82) is 0 Å². The average Bonchev–Trinajstić information content (AvgIpc) is 2.92. The zero-order chi connectivity index (χ0) is 30.9. The van der Waals surface area contributed by atoms with Crippen LogP contribution in [0.3, 0.4) is 0 Å². The largest absolute Gasteiger partial charge is 0.495 e. The minimum atomic E-state index is -3.30. The first-order chi connectivity index (χ1) is 19.8. The average molecular weight is 603 g/mol. The SMILES string of the molecule is CC/C=C(/OC)c1nccc(-c2ncc(C)c(-n3c(C)cc(OC(O)(O)c4ncc(C)cc4F)c(Cl)c3=O)c2F)c1F. The lowest BCUT2D eigenvalue weighted by Crippen LogP contribution is -2.35. The van der Waals surface area contributed by atoms with Gasteiger partial charge >= 0.3 is 5.97 Å². The Balaban J connectivity index is 1.84. The Morgan fingerprint density at radius 3 is 2.45 bits per heavy atom. The molecule has 0 amide bonds. The number of halogens is 4. The summed E-state index contributed by atoms with van der Waals surface area (Å²) in [5.74, 6) is -6.68. The molecule has 9 nitrogen and oxygen atoms in total. The maximum Gasteiger partial charge on any atom is 0.372 e. The van der Waals surface area contributed by atoms with Crippen LogP contribution in [0, 0.1) is 38.2 Å². The van der Waals surface area contributed by atoms with E-state index in [9.17, 15) is 19.4 Å². The van der Waals surface area contributed by atoms with Gasteiger partial charge in [0.25, 0.3) is 5.56 Å². The third-order valence-electron chi connectivity index (χ3n) is 6.23. The van der Waals surface area contributed by atoms with Crippen LogP contribution in [-0.4, -0.2) is 36.8 Å². The lowest BCUT2D eigenvalue weighted by Gasteiger charge is -2.24. The zero-order valence-corrected chi connectivity index (χ0v) is 23.9. The van der Waals surface area contributed by atoms with Gasteiger partial charge in [0, 0.05) is 35.9 Å². The normalized spacial score (nSPS) is 12.0. The Kier molecular flexibility index (Phi) is 8.71. The Bertz CT molecular complexity index is 1780. The van der Waals surface area contributed by atoms with Crippen LogP contribution in [-0.2, 0) is 10.7 Å². The minimum Gasteiger partial charge on any atom is -0.495 e. The van der Waals surface area contributed by atoms with Crippen molar-refractivity contribution in [2.45, 2.75) is 40.1 Å². The molecule has 0 fully saturated rings. The number of ether oxygens (including phenoxy) is 2. The molecule has 0 aromatic carbocycles. The van der Waals surface area contributed by atoms with Crippen molar-refractivity contribution < 1.29 is 32.9 Å². The van der Waals surface area contributed by atoms with Gasteiger partial charge in [0.1, 0.15) is 22.2 Å². The fraction of sp³-hybridized carbons (Fsp3) is 0.241. The van der Waals surface area contributed by atoms with Gasteiger partial charge in [0.05, 0.1) is 12.8 Å². The van der Waals surface area contributed by atoms with E-state index in [2.05, 4.69) is 15.0 Å². The van der Waals surface area contributed by atoms with Crippen LogP contribution >= 0.6 is 11.6 Å². The second kappa shape index (κ2) is 11.9. The number of aryl methyl sites for hydroxylation is 3. The van der Waals surface area contributed by atoms with Crippen LogP contribution in [0.25, 0.3) is 22.7 Å². The molecule has 0 aliphatic rings. The van der Waals surface area contributed by atoms with Crippen molar-refractivity contribution >= 4 is 17.4 Å². The standard InChI is InChI=1S/C29H26ClF3N4O5/c1-6-7-19(41-5)25-22(32)17(8-9-34-25)24-23(33)26(15(3)13-35-24)37-16(4)11-20(21(30)28(37)38)42-29(39,40)27-18(31)10-14(2)12-36-27/h7-13,39-40H,6H2,1-5H3/b19-7+. The first-order valence-corrected chi connectivity index (χ1v) is 12.9. The van der Waals surface area contributed by atoms with E-state index in [0.29, 0.717) is 12.0 Å². The quantitative estimate of drug-likeness (QED) is 0.207. The van der Waals surface area contributed by atoms with Gasteiger partial charge in [-0.3, -0.25) is 14.3 Å². The first-order valence-electron chi connectivity index (χ1n) is 12.6. The van der Waals surface area contributed by atoms with Gasteiger partial charge in [-0.1, -0.05) is 18.5 Å². The Hall–Kier alpha value is -4.26. The summed E-state index contributed by atoms with van der Waals surface area (Å²) in [6, 6.07) is 3.37. The monoisotopic (exact) mass is 602 g/mol. The predicted octanol–water partition coefficient (Wildman–Crippen LogP) is 5.26. The van der Waals surface area contributed by atoms with E-state index in [1.54, 1.807) is 13.0 Å². The molecule has 0 aliphatic carbocycles. The van der Waals surface area contributed by atoms with Crippen molar-refractivity contribution in [3.63, 3.8) is 0 Å². The maximum atomic E-state index is 16.1. The second-order valence-electron chi connectivity index (χ2n) is 9.31. The van der Waals surface area contributed by atoms with E-state index in [1.807, 2.05) is 6.92 Å². The highest BCUT2D eigenvalue weighted by Crippen LogP contribution is 2.34. The molecule has 0 aliphatic heterocycles. The fourth-order valence-corrected chi connectivity index (χ4v) is 4.47. The minimum absolute atomic E-state index is 0.0372. The van der Waals surface area contributed by atoms with Crippen molar-refractivity contribution in [1.82, 2.24) is 19.5 Å². The van der Waals surface area contributed by atoms with Crippen molar-refractivity contribution in [2.24, 2.45) is 0 Å². The van der Waals surface area contributed by atoms with Gasteiger partial charge in [-0.05, 0) is 56.5 Å². The first kappa shape index (κ1) is 30.7. The second-order valence-corrected chi connectivity index (χ2v) is 9.69. The highest BCUT2D eigenvalue weighted by atomic mass is 35.5. The molecule has 220 valence electrons. The summed E-state index contributed by atoms with van der Waals surface area (Å²) in [6.07, 6.45) is 5.87. The summed E-state index contributed by atoms with van der Waals surface area (Å²) < 4.78 is 57.3. The number of nitrogens with zero attached hydrogens (tertiary/aromatic N) is 4. The van der Waals surface area contributed by atoms with Gasteiger partial charge in [0.2, 0.25) is 0 Å². The summed E-state index contributed by atoms with van der Waals surface area (Å²) in [5.41, 5.74) is -2.28. The lowest BCUT2D eigenvalue weighted by molar-refractivity contribution is -0.308. The molecular formula is C29H26ClF3N4O5. The van der Waals surface area contributed by atoms with Gasteiger partial charge in [0.15, 0.2) is 28.9 Å². The molecule has 0 saturated carbocycles. The molecule has 42 heavy (non-hydrogen) atoms. The Morgan fingerprint density at radius 1 is 1.10 bits per heavy atom. The molecule has 4 rings (SSSR count). The molecule has 13 heteroatoms. The number of rotatable bonds is 8. The van der Waals surface area contributed by atoms with Crippen LogP contribution in [0.2, 0.25) is 5.02 Å². The molecule has 0 saturated heterocycles. The van der Waals surface area contributed by atoms with Crippen LogP contribution in [0.4, 0.5) is 13.2 Å². The van der Waals surface area contributed by atoms with E-state index < -0.39 is 51.1 Å². The third kappa shape index (κ3) is 5.60. The summed E-state index contributed by atoms with van der Waals surface area (Å²) in [6.45, 7) is 6.26. The van der Waals surface area contributed by atoms with Gasteiger partial charge < -0.3 is 19.7 Å². The third-order valence-corrected chi connectivity index (χ3v) is 6.57. The van der Waals surface area contributed by atoms with Crippen LogP contribution in [0.15, 0.2) is 47.7 Å². The molecular weight excluding hydrogens is 577 g/mol. The van der Waals surface area contributed by atoms with E-state index >= 15 is 8.78 Å². The lowest BCUT2D eigenvalue weighted by atomic mass is 10.1. The number of pyridine rings is 4. The highest BCUT2D eigenvalue weighted by molar-refractivity contribution is 6.31. The zero-order valence-electron chi connectivity index (χ0n) is 23.2. The molecule has 0 atom stereocenters. The van der Waals surface area contributed by atoms with Crippen LogP contribution in [0.1, 0.15) is 41.6 Å². The predicted molar refractivity (Wildman–Crippen MR) is 148 cm³/mol. The molecule has 4 aromatic rings. The number of aliphatic hydroxyl groups is 2. The molecule has 4 aromatic heterocycles. The van der Waals surface area contributed by atoms with Crippen molar-refractivity contribution in [3.05, 3.63) is 104 Å².